The summed E-state index contributed by atoms with van der Waals surface area (Å²) in [5.41, 5.74) is 5.71. The SMILES string of the molecule is CCCN(CCN)C1CCCCC1CC. The van der Waals surface area contributed by atoms with E-state index >= 15 is 0 Å². The second-order valence-corrected chi connectivity index (χ2v) is 4.84. The van der Waals surface area contributed by atoms with Gasteiger partial charge in [-0.2, -0.15) is 0 Å². The van der Waals surface area contributed by atoms with Crippen LogP contribution in [0.5, 0.6) is 0 Å². The molecule has 0 amide bonds. The van der Waals surface area contributed by atoms with Crippen molar-refractivity contribution in [3.8, 4) is 0 Å². The monoisotopic (exact) mass is 212 g/mol. The summed E-state index contributed by atoms with van der Waals surface area (Å²) in [7, 11) is 0. The Morgan fingerprint density at radius 3 is 2.47 bits per heavy atom. The molecule has 0 saturated heterocycles. The van der Waals surface area contributed by atoms with Gasteiger partial charge in [-0.1, -0.05) is 33.1 Å². The fourth-order valence-electron chi connectivity index (χ4n) is 3.04. The van der Waals surface area contributed by atoms with Crippen LogP contribution in [-0.2, 0) is 0 Å². The van der Waals surface area contributed by atoms with Crippen molar-refractivity contribution < 1.29 is 0 Å². The maximum Gasteiger partial charge on any atom is 0.0124 e. The molecule has 15 heavy (non-hydrogen) atoms. The molecule has 1 aliphatic carbocycles. The van der Waals surface area contributed by atoms with Crippen LogP contribution in [-0.4, -0.2) is 30.6 Å². The second kappa shape index (κ2) is 7.24. The number of hydrogen-bond acceptors (Lipinski definition) is 2. The van der Waals surface area contributed by atoms with Crippen molar-refractivity contribution in [1.29, 1.82) is 0 Å². The first-order valence-corrected chi connectivity index (χ1v) is 6.77. The van der Waals surface area contributed by atoms with E-state index in [1.54, 1.807) is 0 Å². The molecule has 0 aromatic rings. The molecule has 90 valence electrons. The summed E-state index contributed by atoms with van der Waals surface area (Å²) in [4.78, 5) is 2.65. The van der Waals surface area contributed by atoms with Gasteiger partial charge < -0.3 is 5.73 Å². The van der Waals surface area contributed by atoms with E-state index < -0.39 is 0 Å². The quantitative estimate of drug-likeness (QED) is 0.733. The maximum absolute atomic E-state index is 5.71. The average molecular weight is 212 g/mol. The van der Waals surface area contributed by atoms with Crippen LogP contribution in [0.4, 0.5) is 0 Å². The predicted octanol–water partition coefficient (Wildman–Crippen LogP) is 2.63. The summed E-state index contributed by atoms with van der Waals surface area (Å²) >= 11 is 0. The van der Waals surface area contributed by atoms with E-state index in [4.69, 9.17) is 5.73 Å². The molecule has 2 N–H and O–H groups in total. The third-order valence-corrected chi connectivity index (χ3v) is 3.79. The Bertz CT molecular complexity index is 153. The van der Waals surface area contributed by atoms with E-state index in [9.17, 15) is 0 Å². The average Bonchev–Trinajstić information content (AvgIpc) is 2.29. The van der Waals surface area contributed by atoms with E-state index in [2.05, 4.69) is 18.7 Å². The van der Waals surface area contributed by atoms with Crippen LogP contribution >= 0.6 is 0 Å². The van der Waals surface area contributed by atoms with Gasteiger partial charge in [0, 0.05) is 19.1 Å². The van der Waals surface area contributed by atoms with Gasteiger partial charge in [-0.05, 0) is 31.7 Å². The third-order valence-electron chi connectivity index (χ3n) is 3.79. The first-order valence-electron chi connectivity index (χ1n) is 6.77. The molecule has 0 aromatic carbocycles. The molecule has 1 saturated carbocycles. The van der Waals surface area contributed by atoms with Crippen LogP contribution in [0, 0.1) is 5.92 Å². The van der Waals surface area contributed by atoms with Crippen LogP contribution in [0.15, 0.2) is 0 Å². The summed E-state index contributed by atoms with van der Waals surface area (Å²) in [6.45, 7) is 7.75. The molecular weight excluding hydrogens is 184 g/mol. The number of nitrogens with zero attached hydrogens (tertiary/aromatic N) is 1. The fraction of sp³-hybridized carbons (Fsp3) is 1.00. The normalized spacial score (nSPS) is 27.2. The predicted molar refractivity (Wildman–Crippen MR) is 67.0 cm³/mol. The zero-order valence-corrected chi connectivity index (χ0v) is 10.5. The van der Waals surface area contributed by atoms with Crippen LogP contribution in [0.2, 0.25) is 0 Å². The Labute approximate surface area is 95.2 Å². The molecule has 2 nitrogen and oxygen atoms in total. The largest absolute Gasteiger partial charge is 0.329 e. The molecule has 2 unspecified atom stereocenters. The lowest BCUT2D eigenvalue weighted by Gasteiger charge is -2.39. The zero-order valence-electron chi connectivity index (χ0n) is 10.5. The lowest BCUT2D eigenvalue weighted by atomic mass is 9.82. The first-order chi connectivity index (χ1) is 7.33. The molecule has 2 atom stereocenters. The van der Waals surface area contributed by atoms with Crippen molar-refractivity contribution in [3.05, 3.63) is 0 Å². The van der Waals surface area contributed by atoms with Crippen molar-refractivity contribution in [2.45, 2.75) is 58.4 Å². The number of hydrogen-bond donors (Lipinski definition) is 1. The smallest absolute Gasteiger partial charge is 0.0124 e. The lowest BCUT2D eigenvalue weighted by Crippen LogP contribution is -2.45. The van der Waals surface area contributed by atoms with Crippen molar-refractivity contribution in [1.82, 2.24) is 4.90 Å². The highest BCUT2D eigenvalue weighted by Crippen LogP contribution is 2.30. The van der Waals surface area contributed by atoms with Crippen molar-refractivity contribution >= 4 is 0 Å². The molecule has 1 fully saturated rings. The minimum Gasteiger partial charge on any atom is -0.329 e. The van der Waals surface area contributed by atoms with Crippen molar-refractivity contribution in [3.63, 3.8) is 0 Å². The van der Waals surface area contributed by atoms with Gasteiger partial charge >= 0.3 is 0 Å². The molecule has 1 aliphatic rings. The Kier molecular flexibility index (Phi) is 6.26. The van der Waals surface area contributed by atoms with Gasteiger partial charge in [0.1, 0.15) is 0 Å². The number of rotatable bonds is 6. The van der Waals surface area contributed by atoms with Gasteiger partial charge in [-0.25, -0.2) is 0 Å². The Morgan fingerprint density at radius 1 is 1.13 bits per heavy atom. The minimum absolute atomic E-state index is 0.812. The summed E-state index contributed by atoms with van der Waals surface area (Å²) in [5, 5.41) is 0. The molecule has 0 aliphatic heterocycles. The minimum atomic E-state index is 0.812. The molecule has 0 heterocycles. The molecule has 1 rings (SSSR count). The summed E-state index contributed by atoms with van der Waals surface area (Å²) in [5.74, 6) is 0.928. The Hall–Kier alpha value is -0.0800. The summed E-state index contributed by atoms with van der Waals surface area (Å²) in [6.07, 6.45) is 8.30. The molecule has 0 aromatic heterocycles. The zero-order chi connectivity index (χ0) is 11.1. The summed E-state index contributed by atoms with van der Waals surface area (Å²) in [6, 6.07) is 0.826. The van der Waals surface area contributed by atoms with E-state index in [0.29, 0.717) is 0 Å². The molecular formula is C13H28N2. The maximum atomic E-state index is 5.71. The highest BCUT2D eigenvalue weighted by Gasteiger charge is 2.27. The van der Waals surface area contributed by atoms with Gasteiger partial charge in [-0.15, -0.1) is 0 Å². The third kappa shape index (κ3) is 3.76. The lowest BCUT2D eigenvalue weighted by molar-refractivity contribution is 0.104. The topological polar surface area (TPSA) is 29.3 Å². The van der Waals surface area contributed by atoms with Gasteiger partial charge in [0.25, 0.3) is 0 Å². The van der Waals surface area contributed by atoms with E-state index in [1.165, 1.54) is 45.1 Å². The van der Waals surface area contributed by atoms with E-state index in [1.807, 2.05) is 0 Å². The Balaban J connectivity index is 2.53. The highest BCUT2D eigenvalue weighted by atomic mass is 15.2. The van der Waals surface area contributed by atoms with E-state index in [-0.39, 0.29) is 0 Å². The van der Waals surface area contributed by atoms with Crippen LogP contribution in [0.25, 0.3) is 0 Å². The van der Waals surface area contributed by atoms with Gasteiger partial charge in [0.15, 0.2) is 0 Å². The summed E-state index contributed by atoms with van der Waals surface area (Å²) < 4.78 is 0. The van der Waals surface area contributed by atoms with Gasteiger partial charge in [-0.3, -0.25) is 4.90 Å². The van der Waals surface area contributed by atoms with Gasteiger partial charge in [0.05, 0.1) is 0 Å². The Morgan fingerprint density at radius 2 is 1.87 bits per heavy atom. The molecule has 0 radical (unpaired) electrons. The van der Waals surface area contributed by atoms with Crippen molar-refractivity contribution in [2.24, 2.45) is 11.7 Å². The first kappa shape index (κ1) is 13.0. The number of nitrogens with two attached hydrogens (primary N) is 1. The van der Waals surface area contributed by atoms with Crippen LogP contribution in [0.1, 0.15) is 52.4 Å². The van der Waals surface area contributed by atoms with Crippen LogP contribution in [0.3, 0.4) is 0 Å². The second-order valence-electron chi connectivity index (χ2n) is 4.84. The van der Waals surface area contributed by atoms with Crippen LogP contribution < -0.4 is 5.73 Å². The standard InChI is InChI=1S/C13H28N2/c1-3-10-15(11-9-14)13-8-6-5-7-12(13)4-2/h12-13H,3-11,14H2,1-2H3. The molecule has 0 spiro atoms. The molecule has 2 heteroatoms. The van der Waals surface area contributed by atoms with Crippen molar-refractivity contribution in [2.75, 3.05) is 19.6 Å². The highest BCUT2D eigenvalue weighted by molar-refractivity contribution is 4.82. The van der Waals surface area contributed by atoms with E-state index in [0.717, 1.165) is 25.0 Å². The fourth-order valence-corrected chi connectivity index (χ4v) is 3.04. The van der Waals surface area contributed by atoms with Gasteiger partial charge in [0.2, 0.25) is 0 Å². The molecule has 0 bridgehead atoms.